The number of nitrogen functional groups attached to an aromatic ring is 1. The standard InChI is InChI=1S/C10H9BrN2O2/c1-14-9-3-2-6(11)4-7(9)10-8(12)5-13-15-10/h2-5H,12H2,1H3. The molecule has 0 aliphatic carbocycles. The third-order valence-corrected chi connectivity index (χ3v) is 2.50. The van der Waals surface area contributed by atoms with Crippen LogP contribution < -0.4 is 10.5 Å². The van der Waals surface area contributed by atoms with E-state index in [1.54, 1.807) is 7.11 Å². The van der Waals surface area contributed by atoms with Gasteiger partial charge >= 0.3 is 0 Å². The van der Waals surface area contributed by atoms with Gasteiger partial charge in [-0.1, -0.05) is 21.1 Å². The van der Waals surface area contributed by atoms with Crippen molar-refractivity contribution < 1.29 is 9.26 Å². The van der Waals surface area contributed by atoms with Gasteiger partial charge in [0.2, 0.25) is 0 Å². The summed E-state index contributed by atoms with van der Waals surface area (Å²) in [5.74, 6) is 1.22. The monoisotopic (exact) mass is 268 g/mol. The molecule has 2 aromatic rings. The first-order valence-electron chi connectivity index (χ1n) is 4.26. The van der Waals surface area contributed by atoms with Gasteiger partial charge in [-0.15, -0.1) is 0 Å². The Balaban J connectivity index is 2.60. The lowest BCUT2D eigenvalue weighted by Crippen LogP contribution is -1.90. The van der Waals surface area contributed by atoms with E-state index in [0.717, 1.165) is 10.0 Å². The number of benzene rings is 1. The SMILES string of the molecule is COc1ccc(Br)cc1-c1oncc1N. The van der Waals surface area contributed by atoms with Crippen molar-refractivity contribution in [1.82, 2.24) is 5.16 Å². The average Bonchev–Trinajstić information content (AvgIpc) is 2.64. The summed E-state index contributed by atoms with van der Waals surface area (Å²) in [6, 6.07) is 5.59. The lowest BCUT2D eigenvalue weighted by Gasteiger charge is -2.06. The van der Waals surface area contributed by atoms with E-state index < -0.39 is 0 Å². The van der Waals surface area contributed by atoms with Crippen molar-refractivity contribution in [3.8, 4) is 17.1 Å². The molecule has 78 valence electrons. The molecule has 0 amide bonds. The summed E-state index contributed by atoms with van der Waals surface area (Å²) in [5.41, 5.74) is 6.99. The Hall–Kier alpha value is -1.49. The van der Waals surface area contributed by atoms with Crippen molar-refractivity contribution in [2.24, 2.45) is 0 Å². The molecule has 0 spiro atoms. The van der Waals surface area contributed by atoms with E-state index in [9.17, 15) is 0 Å². The van der Waals surface area contributed by atoms with Gasteiger partial charge in [0.25, 0.3) is 0 Å². The molecule has 0 bridgehead atoms. The third kappa shape index (κ3) is 1.83. The van der Waals surface area contributed by atoms with Crippen LogP contribution in [0.4, 0.5) is 5.69 Å². The fraction of sp³-hybridized carbons (Fsp3) is 0.100. The number of nitrogens with two attached hydrogens (primary N) is 1. The van der Waals surface area contributed by atoms with Gasteiger partial charge in [-0.25, -0.2) is 0 Å². The Morgan fingerprint density at radius 2 is 2.27 bits per heavy atom. The maximum absolute atomic E-state index is 5.72. The summed E-state index contributed by atoms with van der Waals surface area (Å²) >= 11 is 3.38. The van der Waals surface area contributed by atoms with Gasteiger partial charge in [0.15, 0.2) is 5.76 Å². The average molecular weight is 269 g/mol. The molecular weight excluding hydrogens is 260 g/mol. The number of anilines is 1. The highest BCUT2D eigenvalue weighted by atomic mass is 79.9. The van der Waals surface area contributed by atoms with E-state index in [1.807, 2.05) is 18.2 Å². The molecule has 0 atom stereocenters. The van der Waals surface area contributed by atoms with E-state index in [-0.39, 0.29) is 0 Å². The molecule has 0 aliphatic rings. The zero-order chi connectivity index (χ0) is 10.8. The zero-order valence-corrected chi connectivity index (χ0v) is 9.61. The van der Waals surface area contributed by atoms with Crippen LogP contribution in [0.25, 0.3) is 11.3 Å². The highest BCUT2D eigenvalue weighted by Gasteiger charge is 2.13. The Bertz CT molecular complexity index is 482. The Labute approximate surface area is 95.1 Å². The molecule has 2 rings (SSSR count). The van der Waals surface area contributed by atoms with Crippen LogP contribution in [0.5, 0.6) is 5.75 Å². The van der Waals surface area contributed by atoms with Crippen LogP contribution in [0.3, 0.4) is 0 Å². The smallest absolute Gasteiger partial charge is 0.193 e. The number of halogens is 1. The summed E-state index contributed by atoms with van der Waals surface area (Å²) in [7, 11) is 1.60. The first-order valence-corrected chi connectivity index (χ1v) is 5.05. The number of methoxy groups -OCH3 is 1. The lowest BCUT2D eigenvalue weighted by molar-refractivity contribution is 0.406. The second kappa shape index (κ2) is 3.94. The van der Waals surface area contributed by atoms with Gasteiger partial charge in [-0.05, 0) is 18.2 Å². The maximum atomic E-state index is 5.72. The first kappa shape index (κ1) is 10.0. The largest absolute Gasteiger partial charge is 0.496 e. The Morgan fingerprint density at radius 3 is 2.87 bits per heavy atom. The van der Waals surface area contributed by atoms with Gasteiger partial charge in [0.05, 0.1) is 18.9 Å². The van der Waals surface area contributed by atoms with Gasteiger partial charge in [0.1, 0.15) is 11.4 Å². The molecule has 2 N–H and O–H groups in total. The molecule has 1 heterocycles. The minimum absolute atomic E-state index is 0.492. The Morgan fingerprint density at radius 1 is 1.47 bits per heavy atom. The molecule has 5 heteroatoms. The number of hydrogen-bond donors (Lipinski definition) is 1. The first-order chi connectivity index (χ1) is 7.22. The zero-order valence-electron chi connectivity index (χ0n) is 8.03. The topological polar surface area (TPSA) is 61.3 Å². The number of ether oxygens (including phenoxy) is 1. The second-order valence-corrected chi connectivity index (χ2v) is 3.87. The number of aromatic nitrogens is 1. The molecule has 0 saturated carbocycles. The quantitative estimate of drug-likeness (QED) is 0.910. The van der Waals surface area contributed by atoms with Crippen molar-refractivity contribution >= 4 is 21.6 Å². The number of hydrogen-bond acceptors (Lipinski definition) is 4. The van der Waals surface area contributed by atoms with Gasteiger partial charge in [-0.2, -0.15) is 0 Å². The fourth-order valence-corrected chi connectivity index (χ4v) is 1.67. The third-order valence-electron chi connectivity index (χ3n) is 2.00. The minimum Gasteiger partial charge on any atom is -0.496 e. The van der Waals surface area contributed by atoms with Gasteiger partial charge < -0.3 is 15.0 Å². The van der Waals surface area contributed by atoms with E-state index in [0.29, 0.717) is 17.2 Å². The van der Waals surface area contributed by atoms with Crippen LogP contribution in [-0.2, 0) is 0 Å². The normalized spacial score (nSPS) is 10.3. The summed E-state index contributed by atoms with van der Waals surface area (Å²) in [6.45, 7) is 0. The van der Waals surface area contributed by atoms with Crippen LogP contribution in [0.2, 0.25) is 0 Å². The van der Waals surface area contributed by atoms with Gasteiger partial charge in [0, 0.05) is 4.47 Å². The highest BCUT2D eigenvalue weighted by Crippen LogP contribution is 2.35. The predicted octanol–water partition coefficient (Wildman–Crippen LogP) is 2.69. The summed E-state index contributed by atoms with van der Waals surface area (Å²) in [4.78, 5) is 0. The number of rotatable bonds is 2. The summed E-state index contributed by atoms with van der Waals surface area (Å²) in [5, 5.41) is 3.63. The van der Waals surface area contributed by atoms with Crippen LogP contribution in [0.15, 0.2) is 33.4 Å². The maximum Gasteiger partial charge on any atom is 0.193 e. The lowest BCUT2D eigenvalue weighted by atomic mass is 10.1. The molecule has 1 aromatic heterocycles. The van der Waals surface area contributed by atoms with E-state index >= 15 is 0 Å². The molecule has 0 aliphatic heterocycles. The molecule has 0 radical (unpaired) electrons. The van der Waals surface area contributed by atoms with Crippen molar-refractivity contribution in [2.75, 3.05) is 12.8 Å². The molecule has 0 fully saturated rings. The van der Waals surface area contributed by atoms with E-state index in [1.165, 1.54) is 6.20 Å². The van der Waals surface area contributed by atoms with E-state index in [4.69, 9.17) is 15.0 Å². The van der Waals surface area contributed by atoms with Crippen LogP contribution in [-0.4, -0.2) is 12.3 Å². The molecule has 1 aromatic carbocycles. The van der Waals surface area contributed by atoms with Crippen LogP contribution in [0.1, 0.15) is 0 Å². The van der Waals surface area contributed by atoms with Crippen LogP contribution >= 0.6 is 15.9 Å². The molecule has 4 nitrogen and oxygen atoms in total. The molecule has 15 heavy (non-hydrogen) atoms. The van der Waals surface area contributed by atoms with Crippen molar-refractivity contribution in [2.45, 2.75) is 0 Å². The predicted molar refractivity (Wildman–Crippen MR) is 60.6 cm³/mol. The summed E-state index contributed by atoms with van der Waals surface area (Å²) < 4.78 is 11.2. The summed E-state index contributed by atoms with van der Waals surface area (Å²) in [6.07, 6.45) is 1.47. The minimum atomic E-state index is 0.492. The number of nitrogens with zero attached hydrogens (tertiary/aromatic N) is 1. The van der Waals surface area contributed by atoms with Crippen molar-refractivity contribution in [1.29, 1.82) is 0 Å². The van der Waals surface area contributed by atoms with Crippen molar-refractivity contribution in [3.63, 3.8) is 0 Å². The van der Waals surface area contributed by atoms with Crippen LogP contribution in [0, 0.1) is 0 Å². The molecular formula is C10H9BrN2O2. The van der Waals surface area contributed by atoms with E-state index in [2.05, 4.69) is 21.1 Å². The second-order valence-electron chi connectivity index (χ2n) is 2.95. The molecule has 0 unspecified atom stereocenters. The molecule has 0 saturated heterocycles. The fourth-order valence-electron chi connectivity index (χ4n) is 1.31. The van der Waals surface area contributed by atoms with Gasteiger partial charge in [-0.3, -0.25) is 0 Å². The highest BCUT2D eigenvalue weighted by molar-refractivity contribution is 9.10. The Kier molecular flexibility index (Phi) is 2.64. The van der Waals surface area contributed by atoms with Crippen molar-refractivity contribution in [3.05, 3.63) is 28.9 Å².